The van der Waals surface area contributed by atoms with Gasteiger partial charge in [0.1, 0.15) is 11.7 Å². The molecule has 0 atom stereocenters. The molecule has 1 aromatic carbocycles. The van der Waals surface area contributed by atoms with E-state index in [0.29, 0.717) is 5.69 Å². The maximum absolute atomic E-state index is 13.4. The van der Waals surface area contributed by atoms with E-state index in [1.54, 1.807) is 37.4 Å². The molecule has 0 bridgehead atoms. The smallest absolute Gasteiger partial charge is 0.421 e. The lowest BCUT2D eigenvalue weighted by molar-refractivity contribution is -0.137. The number of aromatic nitrogens is 2. The number of hydrogen-bond acceptors (Lipinski definition) is 4. The number of alkyl halides is 3. The van der Waals surface area contributed by atoms with E-state index in [0.717, 1.165) is 38.3 Å². The molecule has 134 valence electrons. The van der Waals surface area contributed by atoms with Crippen LogP contribution in [0.5, 0.6) is 6.01 Å². The summed E-state index contributed by atoms with van der Waals surface area (Å²) in [6.45, 7) is 0. The molecule has 0 saturated heterocycles. The molecular formula is C18H20F3N3O. The van der Waals surface area contributed by atoms with Gasteiger partial charge in [-0.2, -0.15) is 18.2 Å². The molecule has 1 aliphatic carbocycles. The Hall–Kier alpha value is -2.31. The molecular weight excluding hydrogens is 331 g/mol. The van der Waals surface area contributed by atoms with Gasteiger partial charge in [0, 0.05) is 18.9 Å². The van der Waals surface area contributed by atoms with Crippen LogP contribution in [0.25, 0.3) is 0 Å². The molecule has 1 aliphatic rings. The maximum atomic E-state index is 13.4. The Morgan fingerprint density at radius 3 is 2.40 bits per heavy atom. The lowest BCUT2D eigenvalue weighted by Crippen LogP contribution is -2.23. The van der Waals surface area contributed by atoms with Crippen molar-refractivity contribution in [3.63, 3.8) is 0 Å². The lowest BCUT2D eigenvalue weighted by Gasteiger charge is -2.25. The molecule has 0 unspecified atom stereocenters. The average Bonchev–Trinajstić information content (AvgIpc) is 2.62. The summed E-state index contributed by atoms with van der Waals surface area (Å²) in [6, 6.07) is 8.78. The molecule has 0 spiro atoms. The van der Waals surface area contributed by atoms with Gasteiger partial charge in [-0.3, -0.25) is 0 Å². The van der Waals surface area contributed by atoms with Gasteiger partial charge in [-0.05, 0) is 37.8 Å². The van der Waals surface area contributed by atoms with E-state index in [-0.39, 0.29) is 17.9 Å². The molecule has 2 aromatic rings. The minimum absolute atomic E-state index is 0.00215. The van der Waals surface area contributed by atoms with E-state index in [2.05, 4.69) is 9.97 Å². The minimum atomic E-state index is -4.54. The second-order valence-corrected chi connectivity index (χ2v) is 6.16. The predicted molar refractivity (Wildman–Crippen MR) is 89.0 cm³/mol. The molecule has 0 amide bonds. The molecule has 0 aliphatic heterocycles. The lowest BCUT2D eigenvalue weighted by atomic mass is 9.98. The summed E-state index contributed by atoms with van der Waals surface area (Å²) in [5, 5.41) is 0. The number of benzene rings is 1. The van der Waals surface area contributed by atoms with Crippen LogP contribution in [-0.4, -0.2) is 23.1 Å². The standard InChI is InChI=1S/C18H20F3N3O/c1-24(13-8-4-2-5-9-13)16-15(18(19,20)21)12-22-17(23-16)25-14-10-6-3-7-11-14/h2,4-5,8-9,12,14H,3,6-7,10-11H2,1H3. The van der Waals surface area contributed by atoms with Crippen molar-refractivity contribution in [2.45, 2.75) is 44.4 Å². The quantitative estimate of drug-likeness (QED) is 0.779. The van der Waals surface area contributed by atoms with Gasteiger partial charge in [0.05, 0.1) is 0 Å². The molecule has 0 N–H and O–H groups in total. The SMILES string of the molecule is CN(c1ccccc1)c1nc(OC2CCCCC2)ncc1C(F)(F)F. The number of hydrogen-bond donors (Lipinski definition) is 0. The summed E-state index contributed by atoms with van der Waals surface area (Å²) in [4.78, 5) is 9.28. The number of ether oxygens (including phenoxy) is 1. The van der Waals surface area contributed by atoms with E-state index < -0.39 is 11.7 Å². The van der Waals surface area contributed by atoms with Crippen LogP contribution < -0.4 is 9.64 Å². The van der Waals surface area contributed by atoms with Crippen LogP contribution in [-0.2, 0) is 6.18 Å². The normalized spacial score (nSPS) is 15.8. The van der Waals surface area contributed by atoms with Gasteiger partial charge in [0.2, 0.25) is 0 Å². The third-order valence-electron chi connectivity index (χ3n) is 4.34. The highest BCUT2D eigenvalue weighted by molar-refractivity contribution is 5.62. The number of halogens is 3. The summed E-state index contributed by atoms with van der Waals surface area (Å²) in [5.41, 5.74) is -0.273. The van der Waals surface area contributed by atoms with Gasteiger partial charge in [-0.25, -0.2) is 4.98 Å². The van der Waals surface area contributed by atoms with Crippen LogP contribution in [0, 0.1) is 0 Å². The third-order valence-corrected chi connectivity index (χ3v) is 4.34. The fourth-order valence-corrected chi connectivity index (χ4v) is 2.98. The zero-order valence-electron chi connectivity index (χ0n) is 14.0. The average molecular weight is 351 g/mol. The monoisotopic (exact) mass is 351 g/mol. The Balaban J connectivity index is 1.93. The first-order valence-electron chi connectivity index (χ1n) is 8.35. The van der Waals surface area contributed by atoms with Crippen molar-refractivity contribution in [1.82, 2.24) is 9.97 Å². The van der Waals surface area contributed by atoms with Crippen molar-refractivity contribution < 1.29 is 17.9 Å². The fourth-order valence-electron chi connectivity index (χ4n) is 2.98. The molecule has 1 aromatic heterocycles. The highest BCUT2D eigenvalue weighted by atomic mass is 19.4. The Morgan fingerprint density at radius 2 is 1.76 bits per heavy atom. The summed E-state index contributed by atoms with van der Waals surface area (Å²) >= 11 is 0. The van der Waals surface area contributed by atoms with Gasteiger partial charge in [0.15, 0.2) is 5.82 Å². The van der Waals surface area contributed by atoms with Crippen molar-refractivity contribution in [1.29, 1.82) is 0 Å². The zero-order chi connectivity index (χ0) is 17.9. The summed E-state index contributed by atoms with van der Waals surface area (Å²) in [5.74, 6) is -0.209. The number of anilines is 2. The van der Waals surface area contributed by atoms with Gasteiger partial charge in [0.25, 0.3) is 0 Å². The van der Waals surface area contributed by atoms with Crippen LogP contribution in [0.4, 0.5) is 24.7 Å². The number of rotatable bonds is 4. The van der Waals surface area contributed by atoms with E-state index in [1.807, 2.05) is 0 Å². The molecule has 1 fully saturated rings. The van der Waals surface area contributed by atoms with Crippen LogP contribution in [0.3, 0.4) is 0 Å². The largest absolute Gasteiger partial charge is 0.460 e. The highest BCUT2D eigenvalue weighted by Gasteiger charge is 2.37. The van der Waals surface area contributed by atoms with Gasteiger partial charge in [-0.15, -0.1) is 0 Å². The number of nitrogens with zero attached hydrogens (tertiary/aromatic N) is 3. The van der Waals surface area contributed by atoms with Crippen molar-refractivity contribution in [2.24, 2.45) is 0 Å². The Bertz CT molecular complexity index is 700. The molecule has 0 radical (unpaired) electrons. The molecule has 1 saturated carbocycles. The van der Waals surface area contributed by atoms with E-state index >= 15 is 0 Å². The summed E-state index contributed by atoms with van der Waals surface area (Å²) < 4.78 is 45.8. The van der Waals surface area contributed by atoms with Crippen LogP contribution >= 0.6 is 0 Å². The first-order chi connectivity index (χ1) is 11.9. The van der Waals surface area contributed by atoms with E-state index in [9.17, 15) is 13.2 Å². The molecule has 25 heavy (non-hydrogen) atoms. The Labute approximate surface area is 144 Å². The maximum Gasteiger partial charge on any atom is 0.421 e. The third kappa shape index (κ3) is 4.21. The van der Waals surface area contributed by atoms with Crippen LogP contribution in [0.1, 0.15) is 37.7 Å². The zero-order valence-corrected chi connectivity index (χ0v) is 14.0. The van der Waals surface area contributed by atoms with Crippen LogP contribution in [0.2, 0.25) is 0 Å². The minimum Gasteiger partial charge on any atom is -0.460 e. The van der Waals surface area contributed by atoms with Crippen molar-refractivity contribution in [3.8, 4) is 6.01 Å². The summed E-state index contributed by atoms with van der Waals surface area (Å²) in [7, 11) is 1.55. The molecule has 1 heterocycles. The first-order valence-corrected chi connectivity index (χ1v) is 8.35. The second-order valence-electron chi connectivity index (χ2n) is 6.16. The van der Waals surface area contributed by atoms with Crippen molar-refractivity contribution in [2.75, 3.05) is 11.9 Å². The van der Waals surface area contributed by atoms with E-state index in [4.69, 9.17) is 4.74 Å². The van der Waals surface area contributed by atoms with E-state index in [1.165, 1.54) is 4.90 Å². The number of para-hydroxylation sites is 1. The van der Waals surface area contributed by atoms with Crippen LogP contribution in [0.15, 0.2) is 36.5 Å². The van der Waals surface area contributed by atoms with Gasteiger partial charge < -0.3 is 9.64 Å². The highest BCUT2D eigenvalue weighted by Crippen LogP contribution is 2.37. The van der Waals surface area contributed by atoms with Crippen molar-refractivity contribution >= 4 is 11.5 Å². The second kappa shape index (κ2) is 7.29. The van der Waals surface area contributed by atoms with Gasteiger partial charge >= 0.3 is 12.2 Å². The predicted octanol–water partition coefficient (Wildman–Crippen LogP) is 4.97. The first kappa shape index (κ1) is 17.5. The molecule has 7 heteroatoms. The Morgan fingerprint density at radius 1 is 1.08 bits per heavy atom. The Kier molecular flexibility index (Phi) is 5.11. The summed E-state index contributed by atoms with van der Waals surface area (Å²) in [6.07, 6.45) is 1.28. The topological polar surface area (TPSA) is 38.2 Å². The fraction of sp³-hybridized carbons (Fsp3) is 0.444. The van der Waals surface area contributed by atoms with Gasteiger partial charge in [-0.1, -0.05) is 24.6 Å². The van der Waals surface area contributed by atoms with Crippen molar-refractivity contribution in [3.05, 3.63) is 42.1 Å². The molecule has 4 nitrogen and oxygen atoms in total. The molecule has 3 rings (SSSR count).